The smallest absolute Gasteiger partial charge is 0.126 e. The van der Waals surface area contributed by atoms with Gasteiger partial charge in [-0.25, -0.2) is 0 Å². The average molecular weight is 212 g/mol. The van der Waals surface area contributed by atoms with Crippen LogP contribution in [-0.2, 0) is 0 Å². The van der Waals surface area contributed by atoms with E-state index >= 15 is 0 Å². The predicted molar refractivity (Wildman–Crippen MR) is 61.1 cm³/mol. The summed E-state index contributed by atoms with van der Waals surface area (Å²) in [5.74, 6) is 0.355. The number of thiocarbonyl (C=S) groups is 1. The highest BCUT2D eigenvalue weighted by molar-refractivity contribution is 7.80. The molecule has 0 aliphatic carbocycles. The van der Waals surface area contributed by atoms with Crippen LogP contribution in [-0.4, -0.2) is 23.5 Å². The van der Waals surface area contributed by atoms with Crippen molar-refractivity contribution in [1.82, 2.24) is 4.90 Å². The Bertz CT molecular complexity index is 277. The van der Waals surface area contributed by atoms with E-state index in [2.05, 4.69) is 6.92 Å². The van der Waals surface area contributed by atoms with Crippen molar-refractivity contribution in [2.75, 3.05) is 13.6 Å². The lowest BCUT2D eigenvalue weighted by molar-refractivity contribution is 0.400. The topological polar surface area (TPSA) is 79.1 Å². The molecule has 5 heteroatoms. The van der Waals surface area contributed by atoms with Crippen molar-refractivity contribution in [2.45, 2.75) is 19.8 Å². The van der Waals surface area contributed by atoms with Crippen LogP contribution in [0.2, 0.25) is 0 Å². The maximum atomic E-state index is 8.76. The van der Waals surface area contributed by atoms with Gasteiger partial charge in [0.15, 0.2) is 0 Å². The first-order chi connectivity index (χ1) is 6.54. The number of nitrogens with zero attached hydrogens (tertiary/aromatic N) is 2. The van der Waals surface area contributed by atoms with Crippen molar-refractivity contribution < 1.29 is 0 Å². The summed E-state index contributed by atoms with van der Waals surface area (Å²) in [6.07, 6.45) is 2.10. The second-order valence-electron chi connectivity index (χ2n) is 3.01. The third-order valence-corrected chi connectivity index (χ3v) is 2.08. The van der Waals surface area contributed by atoms with Crippen LogP contribution in [0.25, 0.3) is 0 Å². The highest BCUT2D eigenvalue weighted by Crippen LogP contribution is 2.04. The molecule has 0 aliphatic heterocycles. The molecular weight excluding hydrogens is 196 g/mol. The van der Waals surface area contributed by atoms with E-state index in [1.54, 1.807) is 4.90 Å². The lowest BCUT2D eigenvalue weighted by Gasteiger charge is -2.19. The van der Waals surface area contributed by atoms with Gasteiger partial charge in [-0.1, -0.05) is 25.6 Å². The van der Waals surface area contributed by atoms with Crippen molar-refractivity contribution in [1.29, 1.82) is 5.26 Å². The molecule has 0 radical (unpaired) electrons. The van der Waals surface area contributed by atoms with Gasteiger partial charge in [0, 0.05) is 13.6 Å². The fraction of sp³-hybridized carbons (Fsp3) is 0.556. The summed E-state index contributed by atoms with van der Waals surface area (Å²) >= 11 is 4.71. The molecule has 0 atom stereocenters. The molecule has 0 amide bonds. The molecule has 0 aromatic heterocycles. The van der Waals surface area contributed by atoms with Crippen LogP contribution < -0.4 is 11.5 Å². The molecule has 4 nitrogen and oxygen atoms in total. The van der Waals surface area contributed by atoms with E-state index in [9.17, 15) is 0 Å². The van der Waals surface area contributed by atoms with Crippen molar-refractivity contribution in [3.8, 4) is 6.07 Å². The van der Waals surface area contributed by atoms with E-state index in [-0.39, 0.29) is 10.6 Å². The molecule has 0 heterocycles. The summed E-state index contributed by atoms with van der Waals surface area (Å²) in [6.45, 7) is 2.89. The van der Waals surface area contributed by atoms with Crippen molar-refractivity contribution in [2.24, 2.45) is 11.5 Å². The lowest BCUT2D eigenvalue weighted by Crippen LogP contribution is -2.29. The number of hydrogen-bond donors (Lipinski definition) is 2. The second kappa shape index (κ2) is 6.22. The zero-order valence-corrected chi connectivity index (χ0v) is 9.40. The van der Waals surface area contributed by atoms with Crippen molar-refractivity contribution in [3.05, 3.63) is 11.4 Å². The fourth-order valence-corrected chi connectivity index (χ4v) is 1.10. The number of hydrogen-bond acceptors (Lipinski definition) is 4. The zero-order valence-electron chi connectivity index (χ0n) is 8.58. The van der Waals surface area contributed by atoms with Crippen LogP contribution in [0.4, 0.5) is 0 Å². The van der Waals surface area contributed by atoms with E-state index in [1.807, 2.05) is 13.1 Å². The fourth-order valence-electron chi connectivity index (χ4n) is 0.945. The molecule has 0 saturated heterocycles. The first-order valence-electron chi connectivity index (χ1n) is 4.45. The molecule has 0 bridgehead atoms. The Kier molecular flexibility index (Phi) is 5.65. The van der Waals surface area contributed by atoms with E-state index in [1.165, 1.54) is 0 Å². The van der Waals surface area contributed by atoms with Crippen LogP contribution in [0.5, 0.6) is 0 Å². The zero-order chi connectivity index (χ0) is 11.1. The minimum absolute atomic E-state index is 0.0494. The SMILES string of the molecule is CCCCN(C)C(N)=C(C#N)C(N)=S. The Hall–Kier alpha value is -1.28. The summed E-state index contributed by atoms with van der Waals surface area (Å²) < 4.78 is 0. The van der Waals surface area contributed by atoms with Crippen molar-refractivity contribution >= 4 is 17.2 Å². The van der Waals surface area contributed by atoms with Crippen LogP contribution in [0.1, 0.15) is 19.8 Å². The predicted octanol–water partition coefficient (Wildman–Crippen LogP) is 0.698. The quantitative estimate of drug-likeness (QED) is 0.398. The molecule has 0 aromatic rings. The van der Waals surface area contributed by atoms with Crippen LogP contribution in [0, 0.1) is 11.3 Å². The molecule has 78 valence electrons. The largest absolute Gasteiger partial charge is 0.389 e. The first kappa shape index (κ1) is 12.7. The van der Waals surface area contributed by atoms with Gasteiger partial charge in [-0.3, -0.25) is 0 Å². The van der Waals surface area contributed by atoms with Gasteiger partial charge in [-0.05, 0) is 6.42 Å². The van der Waals surface area contributed by atoms with Crippen LogP contribution in [0.15, 0.2) is 11.4 Å². The molecule has 0 aromatic carbocycles. The van der Waals surface area contributed by atoms with Gasteiger partial charge >= 0.3 is 0 Å². The molecule has 14 heavy (non-hydrogen) atoms. The van der Waals surface area contributed by atoms with Gasteiger partial charge in [-0.2, -0.15) is 5.26 Å². The number of unbranched alkanes of at least 4 members (excludes halogenated alkanes) is 1. The van der Waals surface area contributed by atoms with E-state index in [0.717, 1.165) is 19.4 Å². The standard InChI is InChI=1S/C9H16N4S/c1-3-4-5-13(2)8(11)7(6-10)9(12)14/h3-5,11H2,1-2H3,(H2,12,14). The van der Waals surface area contributed by atoms with Gasteiger partial charge in [0.25, 0.3) is 0 Å². The minimum atomic E-state index is 0.0494. The number of nitriles is 1. The van der Waals surface area contributed by atoms with Gasteiger partial charge in [0.1, 0.15) is 22.5 Å². The monoisotopic (exact) mass is 212 g/mol. The van der Waals surface area contributed by atoms with Gasteiger partial charge in [-0.15, -0.1) is 0 Å². The summed E-state index contributed by atoms with van der Waals surface area (Å²) in [7, 11) is 1.82. The molecule has 0 rings (SSSR count). The highest BCUT2D eigenvalue weighted by atomic mass is 32.1. The Balaban J connectivity index is 4.62. The van der Waals surface area contributed by atoms with Gasteiger partial charge in [0.05, 0.1) is 0 Å². The number of nitrogens with two attached hydrogens (primary N) is 2. The van der Waals surface area contributed by atoms with Crippen LogP contribution in [0.3, 0.4) is 0 Å². The van der Waals surface area contributed by atoms with Gasteiger partial charge in [0.2, 0.25) is 0 Å². The summed E-state index contributed by atoms with van der Waals surface area (Å²) in [6, 6.07) is 1.91. The molecule has 0 aliphatic rings. The van der Waals surface area contributed by atoms with E-state index in [4.69, 9.17) is 28.9 Å². The molecule has 0 saturated carbocycles. The molecule has 0 spiro atoms. The molecule has 0 unspecified atom stereocenters. The summed E-state index contributed by atoms with van der Waals surface area (Å²) in [5.41, 5.74) is 11.3. The molecule has 4 N–H and O–H groups in total. The van der Waals surface area contributed by atoms with E-state index in [0.29, 0.717) is 5.82 Å². The summed E-state index contributed by atoms with van der Waals surface area (Å²) in [5, 5.41) is 8.76. The lowest BCUT2D eigenvalue weighted by atomic mass is 10.2. The third-order valence-electron chi connectivity index (χ3n) is 1.87. The average Bonchev–Trinajstić information content (AvgIpc) is 2.14. The molecular formula is C9H16N4S. The first-order valence-corrected chi connectivity index (χ1v) is 4.86. The van der Waals surface area contributed by atoms with E-state index < -0.39 is 0 Å². The molecule has 0 fully saturated rings. The van der Waals surface area contributed by atoms with Gasteiger partial charge < -0.3 is 16.4 Å². The third kappa shape index (κ3) is 3.62. The minimum Gasteiger partial charge on any atom is -0.389 e. The van der Waals surface area contributed by atoms with Crippen molar-refractivity contribution in [3.63, 3.8) is 0 Å². The Morgan fingerprint density at radius 3 is 2.43 bits per heavy atom. The summed E-state index contributed by atoms with van der Waals surface area (Å²) in [4.78, 5) is 1.84. The Morgan fingerprint density at radius 2 is 2.07 bits per heavy atom. The Morgan fingerprint density at radius 1 is 1.50 bits per heavy atom. The normalized spacial score (nSPS) is 11.5. The maximum Gasteiger partial charge on any atom is 0.126 e. The Labute approximate surface area is 90.2 Å². The van der Waals surface area contributed by atoms with Crippen LogP contribution >= 0.6 is 12.2 Å². The second-order valence-corrected chi connectivity index (χ2v) is 3.45. The maximum absolute atomic E-state index is 8.76. The number of rotatable bonds is 5. The highest BCUT2D eigenvalue weighted by Gasteiger charge is 2.09.